The smallest absolute Gasteiger partial charge is 0.358 e. The second-order valence-corrected chi connectivity index (χ2v) is 3.45. The van der Waals surface area contributed by atoms with Crippen molar-refractivity contribution in [3.63, 3.8) is 0 Å². The van der Waals surface area contributed by atoms with Crippen molar-refractivity contribution in [1.82, 2.24) is 9.38 Å². The van der Waals surface area contributed by atoms with Crippen LogP contribution in [0.25, 0.3) is 5.65 Å². The number of pyridine rings is 1. The Bertz CT molecular complexity index is 517. The molecule has 2 aromatic heterocycles. The van der Waals surface area contributed by atoms with E-state index in [-0.39, 0.29) is 5.97 Å². The molecule has 2 heterocycles. The average molecular weight is 218 g/mol. The van der Waals surface area contributed by atoms with Crippen LogP contribution >= 0.6 is 0 Å². The van der Waals surface area contributed by atoms with E-state index in [2.05, 4.69) is 11.9 Å². The molecule has 0 aromatic carbocycles. The molecule has 4 nitrogen and oxygen atoms in total. The van der Waals surface area contributed by atoms with Gasteiger partial charge in [-0.3, -0.25) is 0 Å². The van der Waals surface area contributed by atoms with E-state index >= 15 is 0 Å². The summed E-state index contributed by atoms with van der Waals surface area (Å²) in [5.74, 6) is -0.367. The fourth-order valence-corrected chi connectivity index (χ4v) is 1.66. The van der Waals surface area contributed by atoms with Gasteiger partial charge in [0.05, 0.1) is 6.61 Å². The van der Waals surface area contributed by atoms with Gasteiger partial charge in [0.15, 0.2) is 5.69 Å². The fourth-order valence-electron chi connectivity index (χ4n) is 1.66. The summed E-state index contributed by atoms with van der Waals surface area (Å²) in [6, 6.07) is 5.83. The highest BCUT2D eigenvalue weighted by atomic mass is 16.5. The van der Waals surface area contributed by atoms with Crippen LogP contribution in [0.2, 0.25) is 0 Å². The highest BCUT2D eigenvalue weighted by Gasteiger charge is 2.12. The fraction of sp³-hybridized carbons (Fsp3) is 0.333. The highest BCUT2D eigenvalue weighted by molar-refractivity contribution is 5.87. The Hall–Kier alpha value is -1.84. The van der Waals surface area contributed by atoms with Gasteiger partial charge >= 0.3 is 5.97 Å². The lowest BCUT2D eigenvalue weighted by Gasteiger charge is -1.99. The lowest BCUT2D eigenvalue weighted by atomic mass is 10.3. The molecule has 0 unspecified atom stereocenters. The maximum absolute atomic E-state index is 11.5. The molecular formula is C12H14N2O2. The topological polar surface area (TPSA) is 43.6 Å². The van der Waals surface area contributed by atoms with Gasteiger partial charge in [0, 0.05) is 11.9 Å². The molecule has 16 heavy (non-hydrogen) atoms. The van der Waals surface area contributed by atoms with Gasteiger partial charge in [-0.1, -0.05) is 13.0 Å². The van der Waals surface area contributed by atoms with Crippen molar-refractivity contribution >= 4 is 11.6 Å². The minimum atomic E-state index is -0.367. The van der Waals surface area contributed by atoms with Crippen molar-refractivity contribution in [2.45, 2.75) is 20.3 Å². The molecular weight excluding hydrogens is 204 g/mol. The predicted octanol–water partition coefficient (Wildman–Crippen LogP) is 2.07. The number of rotatable bonds is 3. The summed E-state index contributed by atoms with van der Waals surface area (Å²) >= 11 is 0. The average Bonchev–Trinajstić information content (AvgIpc) is 2.72. The number of fused-ring (bicyclic) bond motifs is 1. The summed E-state index contributed by atoms with van der Waals surface area (Å²) in [4.78, 5) is 15.7. The second kappa shape index (κ2) is 4.35. The van der Waals surface area contributed by atoms with Crippen LogP contribution in [0.4, 0.5) is 0 Å². The Morgan fingerprint density at radius 3 is 2.94 bits per heavy atom. The van der Waals surface area contributed by atoms with Gasteiger partial charge in [0.1, 0.15) is 5.65 Å². The molecule has 0 fully saturated rings. The summed E-state index contributed by atoms with van der Waals surface area (Å²) in [5, 5.41) is 0. The van der Waals surface area contributed by atoms with Crippen LogP contribution in [-0.2, 0) is 11.2 Å². The molecule has 0 amide bonds. The first kappa shape index (κ1) is 10.7. The number of carbonyl (C=O) groups is 1. The standard InChI is InChI=1S/C12H14N2O2/c1-3-9-6-5-7-11-13-10(8-14(9)11)12(15)16-4-2/h5-8H,3-4H2,1-2H3. The van der Waals surface area contributed by atoms with Crippen LogP contribution in [0.1, 0.15) is 30.0 Å². The largest absolute Gasteiger partial charge is 0.461 e. The monoisotopic (exact) mass is 218 g/mol. The van der Waals surface area contributed by atoms with E-state index in [0.717, 1.165) is 17.8 Å². The number of imidazole rings is 1. The van der Waals surface area contributed by atoms with Gasteiger partial charge in [0.2, 0.25) is 0 Å². The minimum Gasteiger partial charge on any atom is -0.461 e. The number of nitrogens with zero attached hydrogens (tertiary/aromatic N) is 2. The first-order chi connectivity index (χ1) is 7.76. The molecule has 0 aliphatic heterocycles. The van der Waals surface area contributed by atoms with E-state index in [1.54, 1.807) is 13.1 Å². The first-order valence-corrected chi connectivity index (χ1v) is 5.40. The van der Waals surface area contributed by atoms with Crippen LogP contribution in [-0.4, -0.2) is 22.0 Å². The van der Waals surface area contributed by atoms with E-state index in [1.807, 2.05) is 22.6 Å². The summed E-state index contributed by atoms with van der Waals surface area (Å²) in [6.45, 7) is 4.22. The molecule has 0 aliphatic rings. The van der Waals surface area contributed by atoms with E-state index in [4.69, 9.17) is 4.74 Å². The van der Waals surface area contributed by atoms with Crippen molar-refractivity contribution in [2.24, 2.45) is 0 Å². The third-order valence-corrected chi connectivity index (χ3v) is 2.42. The maximum atomic E-state index is 11.5. The van der Waals surface area contributed by atoms with E-state index < -0.39 is 0 Å². The number of hydrogen-bond acceptors (Lipinski definition) is 3. The minimum absolute atomic E-state index is 0.364. The number of ether oxygens (including phenoxy) is 1. The van der Waals surface area contributed by atoms with Gasteiger partial charge in [-0.25, -0.2) is 9.78 Å². The van der Waals surface area contributed by atoms with Crippen molar-refractivity contribution in [1.29, 1.82) is 0 Å². The van der Waals surface area contributed by atoms with Gasteiger partial charge in [-0.15, -0.1) is 0 Å². The lowest BCUT2D eigenvalue weighted by Crippen LogP contribution is -2.04. The van der Waals surface area contributed by atoms with Gasteiger partial charge in [-0.05, 0) is 25.5 Å². The van der Waals surface area contributed by atoms with Crippen LogP contribution in [0.5, 0.6) is 0 Å². The van der Waals surface area contributed by atoms with Crippen molar-refractivity contribution in [3.8, 4) is 0 Å². The molecule has 0 aliphatic carbocycles. The first-order valence-electron chi connectivity index (χ1n) is 5.40. The summed E-state index contributed by atoms with van der Waals surface area (Å²) in [7, 11) is 0. The molecule has 0 atom stereocenters. The molecule has 0 spiro atoms. The zero-order chi connectivity index (χ0) is 11.5. The number of carbonyl (C=O) groups excluding carboxylic acids is 1. The van der Waals surface area contributed by atoms with E-state index in [0.29, 0.717) is 12.3 Å². The van der Waals surface area contributed by atoms with Gasteiger partial charge < -0.3 is 9.14 Å². The number of esters is 1. The summed E-state index contributed by atoms with van der Waals surface area (Å²) in [6.07, 6.45) is 2.63. The Kier molecular flexibility index (Phi) is 2.90. The molecule has 0 radical (unpaired) electrons. The third kappa shape index (κ3) is 1.78. The predicted molar refractivity (Wildman–Crippen MR) is 60.5 cm³/mol. The highest BCUT2D eigenvalue weighted by Crippen LogP contribution is 2.10. The molecule has 0 N–H and O–H groups in total. The number of aromatic nitrogens is 2. The molecule has 84 valence electrons. The molecule has 4 heteroatoms. The zero-order valence-electron chi connectivity index (χ0n) is 9.43. The van der Waals surface area contributed by atoms with E-state index in [9.17, 15) is 4.79 Å². The van der Waals surface area contributed by atoms with Crippen LogP contribution < -0.4 is 0 Å². The number of hydrogen-bond donors (Lipinski definition) is 0. The Morgan fingerprint density at radius 2 is 2.25 bits per heavy atom. The van der Waals surface area contributed by atoms with Gasteiger partial charge in [-0.2, -0.15) is 0 Å². The molecule has 0 saturated carbocycles. The SMILES string of the molecule is CCOC(=O)c1cn2c(CC)cccc2n1. The quantitative estimate of drug-likeness (QED) is 0.741. The van der Waals surface area contributed by atoms with Crippen LogP contribution in [0, 0.1) is 0 Å². The molecule has 2 aromatic rings. The molecule has 2 rings (SSSR count). The third-order valence-electron chi connectivity index (χ3n) is 2.42. The lowest BCUT2D eigenvalue weighted by molar-refractivity contribution is 0.0520. The van der Waals surface area contributed by atoms with Crippen molar-refractivity contribution in [2.75, 3.05) is 6.61 Å². The van der Waals surface area contributed by atoms with E-state index in [1.165, 1.54) is 0 Å². The van der Waals surface area contributed by atoms with Gasteiger partial charge in [0.25, 0.3) is 0 Å². The summed E-state index contributed by atoms with van der Waals surface area (Å²) < 4.78 is 6.84. The molecule has 0 bridgehead atoms. The number of aryl methyl sites for hydroxylation is 1. The zero-order valence-corrected chi connectivity index (χ0v) is 9.43. The Morgan fingerprint density at radius 1 is 1.44 bits per heavy atom. The Labute approximate surface area is 93.9 Å². The molecule has 0 saturated heterocycles. The van der Waals surface area contributed by atoms with Crippen LogP contribution in [0.15, 0.2) is 24.4 Å². The second-order valence-electron chi connectivity index (χ2n) is 3.45. The maximum Gasteiger partial charge on any atom is 0.358 e. The Balaban J connectivity index is 2.47. The van der Waals surface area contributed by atoms with Crippen LogP contribution in [0.3, 0.4) is 0 Å². The normalized spacial score (nSPS) is 10.6. The summed E-state index contributed by atoms with van der Waals surface area (Å²) in [5.41, 5.74) is 2.27. The van der Waals surface area contributed by atoms with Crippen molar-refractivity contribution < 1.29 is 9.53 Å². The van der Waals surface area contributed by atoms with Crippen molar-refractivity contribution in [3.05, 3.63) is 35.8 Å².